The second kappa shape index (κ2) is 9.64. The first-order valence-electron chi connectivity index (χ1n) is 9.39. The summed E-state index contributed by atoms with van der Waals surface area (Å²) in [7, 11) is 1.62. The number of aromatic nitrogens is 1. The summed E-state index contributed by atoms with van der Waals surface area (Å²) in [5.74, 6) is 0.538. The zero-order valence-corrected chi connectivity index (χ0v) is 16.2. The fraction of sp³-hybridized carbons (Fsp3) is 0.273. The molecule has 0 bridgehead atoms. The lowest BCUT2D eigenvalue weighted by molar-refractivity contribution is -0.137. The van der Waals surface area contributed by atoms with E-state index in [9.17, 15) is 9.59 Å². The third-order valence-corrected chi connectivity index (χ3v) is 4.54. The topological polar surface area (TPSA) is 101 Å². The Morgan fingerprint density at radius 2 is 1.86 bits per heavy atom. The first-order chi connectivity index (χ1) is 14.0. The van der Waals surface area contributed by atoms with Gasteiger partial charge in [-0.3, -0.25) is 9.59 Å². The van der Waals surface area contributed by atoms with Gasteiger partial charge in [0.2, 0.25) is 5.91 Å². The van der Waals surface area contributed by atoms with Crippen LogP contribution in [-0.4, -0.2) is 35.7 Å². The SMILES string of the molecule is COc1ccc2[nH]cc(CC(=O)NCc3ccc(OCCCC(=O)O)cc3)c2c1. The molecule has 7 nitrogen and oxygen atoms in total. The number of rotatable bonds is 10. The molecule has 152 valence electrons. The van der Waals surface area contributed by atoms with E-state index in [0.717, 1.165) is 27.8 Å². The summed E-state index contributed by atoms with van der Waals surface area (Å²) in [5, 5.41) is 12.5. The van der Waals surface area contributed by atoms with Crippen molar-refractivity contribution in [2.45, 2.75) is 25.8 Å². The number of methoxy groups -OCH3 is 1. The molecule has 1 aromatic heterocycles. The fourth-order valence-corrected chi connectivity index (χ4v) is 2.98. The van der Waals surface area contributed by atoms with Crippen LogP contribution in [0.5, 0.6) is 11.5 Å². The predicted molar refractivity (Wildman–Crippen MR) is 109 cm³/mol. The van der Waals surface area contributed by atoms with Gasteiger partial charge < -0.3 is 24.9 Å². The van der Waals surface area contributed by atoms with Crippen molar-refractivity contribution in [3.63, 3.8) is 0 Å². The van der Waals surface area contributed by atoms with Crippen molar-refractivity contribution < 1.29 is 24.2 Å². The Morgan fingerprint density at radius 1 is 1.10 bits per heavy atom. The van der Waals surface area contributed by atoms with E-state index in [2.05, 4.69) is 10.3 Å². The molecule has 0 saturated heterocycles. The quantitative estimate of drug-likeness (QED) is 0.457. The third kappa shape index (κ3) is 5.75. The number of carbonyl (C=O) groups excluding carboxylic acids is 1. The Kier molecular flexibility index (Phi) is 6.73. The summed E-state index contributed by atoms with van der Waals surface area (Å²) in [6.45, 7) is 0.779. The zero-order valence-electron chi connectivity index (χ0n) is 16.2. The monoisotopic (exact) mass is 396 g/mol. The summed E-state index contributed by atoms with van der Waals surface area (Å²) >= 11 is 0. The first kappa shape index (κ1) is 20.3. The van der Waals surface area contributed by atoms with Gasteiger partial charge in [-0.2, -0.15) is 0 Å². The summed E-state index contributed by atoms with van der Waals surface area (Å²) in [4.78, 5) is 26.0. The molecule has 0 aliphatic carbocycles. The number of H-pyrrole nitrogens is 1. The van der Waals surface area contributed by atoms with E-state index in [-0.39, 0.29) is 18.7 Å². The number of aliphatic carboxylic acids is 1. The minimum atomic E-state index is -0.827. The smallest absolute Gasteiger partial charge is 0.303 e. The van der Waals surface area contributed by atoms with Crippen LogP contribution in [0.1, 0.15) is 24.0 Å². The Labute approximate surface area is 168 Å². The van der Waals surface area contributed by atoms with Gasteiger partial charge in [-0.05, 0) is 47.9 Å². The molecule has 3 aromatic rings. The van der Waals surface area contributed by atoms with Gasteiger partial charge in [-0.25, -0.2) is 0 Å². The van der Waals surface area contributed by atoms with Crippen LogP contribution in [0.25, 0.3) is 10.9 Å². The number of nitrogens with one attached hydrogen (secondary N) is 2. The van der Waals surface area contributed by atoms with E-state index in [0.29, 0.717) is 25.3 Å². The minimum Gasteiger partial charge on any atom is -0.497 e. The van der Waals surface area contributed by atoms with Crippen LogP contribution >= 0.6 is 0 Å². The highest BCUT2D eigenvalue weighted by Crippen LogP contribution is 2.24. The highest BCUT2D eigenvalue weighted by atomic mass is 16.5. The summed E-state index contributed by atoms with van der Waals surface area (Å²) in [6, 6.07) is 13.1. The van der Waals surface area contributed by atoms with Gasteiger partial charge in [-0.15, -0.1) is 0 Å². The number of carbonyl (C=O) groups is 2. The number of carboxylic acids is 1. The molecule has 3 rings (SSSR count). The second-order valence-electron chi connectivity index (χ2n) is 6.67. The van der Waals surface area contributed by atoms with Crippen LogP contribution < -0.4 is 14.8 Å². The van der Waals surface area contributed by atoms with Gasteiger partial charge >= 0.3 is 5.97 Å². The van der Waals surface area contributed by atoms with Crippen LogP contribution in [0, 0.1) is 0 Å². The highest BCUT2D eigenvalue weighted by Gasteiger charge is 2.10. The lowest BCUT2D eigenvalue weighted by Crippen LogP contribution is -2.24. The van der Waals surface area contributed by atoms with Crippen molar-refractivity contribution in [2.75, 3.05) is 13.7 Å². The molecule has 2 aromatic carbocycles. The van der Waals surface area contributed by atoms with E-state index in [1.165, 1.54) is 0 Å². The van der Waals surface area contributed by atoms with E-state index in [4.69, 9.17) is 14.6 Å². The number of hydrogen-bond donors (Lipinski definition) is 3. The molecular weight excluding hydrogens is 372 g/mol. The fourth-order valence-electron chi connectivity index (χ4n) is 2.98. The lowest BCUT2D eigenvalue weighted by Gasteiger charge is -2.08. The van der Waals surface area contributed by atoms with Gasteiger partial charge in [-0.1, -0.05) is 12.1 Å². The number of ether oxygens (including phenoxy) is 2. The molecule has 0 unspecified atom stereocenters. The molecule has 0 spiro atoms. The third-order valence-electron chi connectivity index (χ3n) is 4.54. The van der Waals surface area contributed by atoms with Crippen LogP contribution in [0.4, 0.5) is 0 Å². The molecule has 1 heterocycles. The molecule has 3 N–H and O–H groups in total. The van der Waals surface area contributed by atoms with E-state index in [1.807, 2.05) is 48.7 Å². The molecule has 0 atom stereocenters. The minimum absolute atomic E-state index is 0.0669. The molecule has 1 amide bonds. The number of aromatic amines is 1. The number of carboxylic acid groups (broad SMARTS) is 1. The largest absolute Gasteiger partial charge is 0.497 e. The standard InChI is InChI=1S/C22H24N2O5/c1-28-18-8-9-20-19(12-18)16(14-23-20)11-21(25)24-13-15-4-6-17(7-5-15)29-10-2-3-22(26)27/h4-9,12,14,23H,2-3,10-11,13H2,1H3,(H,24,25)(H,26,27). The van der Waals surface area contributed by atoms with Crippen molar-refractivity contribution in [3.05, 3.63) is 59.8 Å². The molecule has 29 heavy (non-hydrogen) atoms. The summed E-state index contributed by atoms with van der Waals surface area (Å²) in [5.41, 5.74) is 2.84. The van der Waals surface area contributed by atoms with Gasteiger partial charge in [0.1, 0.15) is 11.5 Å². The van der Waals surface area contributed by atoms with Crippen molar-refractivity contribution in [1.29, 1.82) is 0 Å². The zero-order chi connectivity index (χ0) is 20.6. The molecule has 7 heteroatoms. The second-order valence-corrected chi connectivity index (χ2v) is 6.67. The molecule has 0 fully saturated rings. The highest BCUT2D eigenvalue weighted by molar-refractivity contribution is 5.89. The van der Waals surface area contributed by atoms with E-state index < -0.39 is 5.97 Å². The first-order valence-corrected chi connectivity index (χ1v) is 9.39. The van der Waals surface area contributed by atoms with Gasteiger partial charge in [0.15, 0.2) is 0 Å². The van der Waals surface area contributed by atoms with Crippen molar-refractivity contribution in [2.24, 2.45) is 0 Å². The molecule has 0 aliphatic rings. The Hall–Kier alpha value is -3.48. The van der Waals surface area contributed by atoms with Gasteiger partial charge in [0, 0.05) is 30.1 Å². The predicted octanol–water partition coefficient (Wildman–Crippen LogP) is 3.28. The van der Waals surface area contributed by atoms with Crippen LogP contribution in [0.15, 0.2) is 48.7 Å². The summed E-state index contributed by atoms with van der Waals surface area (Å²) in [6.07, 6.45) is 2.68. The van der Waals surface area contributed by atoms with Crippen LogP contribution in [-0.2, 0) is 22.6 Å². The average molecular weight is 396 g/mol. The molecule has 0 radical (unpaired) electrons. The van der Waals surface area contributed by atoms with E-state index >= 15 is 0 Å². The summed E-state index contributed by atoms with van der Waals surface area (Å²) < 4.78 is 10.8. The van der Waals surface area contributed by atoms with Crippen LogP contribution in [0.3, 0.4) is 0 Å². The Balaban J connectivity index is 1.49. The lowest BCUT2D eigenvalue weighted by atomic mass is 10.1. The Morgan fingerprint density at radius 3 is 2.59 bits per heavy atom. The van der Waals surface area contributed by atoms with Crippen molar-refractivity contribution >= 4 is 22.8 Å². The Bertz CT molecular complexity index is 979. The molecule has 0 aliphatic heterocycles. The van der Waals surface area contributed by atoms with Gasteiger partial charge in [0.25, 0.3) is 0 Å². The van der Waals surface area contributed by atoms with Gasteiger partial charge in [0.05, 0.1) is 20.1 Å². The molecular formula is C22H24N2O5. The van der Waals surface area contributed by atoms with Crippen molar-refractivity contribution in [1.82, 2.24) is 10.3 Å². The normalized spacial score (nSPS) is 10.7. The maximum Gasteiger partial charge on any atom is 0.303 e. The van der Waals surface area contributed by atoms with Crippen molar-refractivity contribution in [3.8, 4) is 11.5 Å². The number of amides is 1. The maximum absolute atomic E-state index is 12.3. The maximum atomic E-state index is 12.3. The average Bonchev–Trinajstić information content (AvgIpc) is 3.12. The van der Waals surface area contributed by atoms with Crippen LogP contribution in [0.2, 0.25) is 0 Å². The number of fused-ring (bicyclic) bond motifs is 1. The van der Waals surface area contributed by atoms with E-state index in [1.54, 1.807) is 7.11 Å². The number of benzene rings is 2. The number of hydrogen-bond acceptors (Lipinski definition) is 4. The molecule has 0 saturated carbocycles.